The van der Waals surface area contributed by atoms with Gasteiger partial charge in [-0.2, -0.15) is 0 Å². The highest BCUT2D eigenvalue weighted by atomic mass is 19.3. The average Bonchev–Trinajstić information content (AvgIpc) is 1.94. The smallest absolute Gasteiger partial charge is 0.282 e. The number of hydrogen-bond acceptors (Lipinski definition) is 1. The van der Waals surface area contributed by atoms with Crippen molar-refractivity contribution in [3.63, 3.8) is 0 Å². The molecule has 2 aliphatic rings. The standard InChI is InChI=1S/C8H10F3NO/c9-7(2-1-3-7)6(13)12-4-8(10,11)5-12/h1-5H2. The minimum Gasteiger partial charge on any atom is -0.328 e. The molecule has 1 amide bonds. The van der Waals surface area contributed by atoms with Gasteiger partial charge < -0.3 is 4.90 Å². The van der Waals surface area contributed by atoms with E-state index < -0.39 is 30.6 Å². The Morgan fingerprint density at radius 1 is 1.15 bits per heavy atom. The van der Waals surface area contributed by atoms with E-state index in [0.29, 0.717) is 6.42 Å². The van der Waals surface area contributed by atoms with E-state index in [1.807, 2.05) is 0 Å². The topological polar surface area (TPSA) is 20.3 Å². The van der Waals surface area contributed by atoms with Crippen LogP contribution in [0.4, 0.5) is 13.2 Å². The fraction of sp³-hybridized carbons (Fsp3) is 0.875. The molecular formula is C8H10F3NO. The number of nitrogens with zero attached hydrogens (tertiary/aromatic N) is 1. The summed E-state index contributed by atoms with van der Waals surface area (Å²) in [5, 5.41) is 0. The Balaban J connectivity index is 1.93. The highest BCUT2D eigenvalue weighted by Crippen LogP contribution is 2.40. The Morgan fingerprint density at radius 3 is 2.00 bits per heavy atom. The molecule has 0 atom stereocenters. The van der Waals surface area contributed by atoms with E-state index in [4.69, 9.17) is 0 Å². The molecule has 0 radical (unpaired) electrons. The first-order valence-corrected chi connectivity index (χ1v) is 4.29. The Kier molecular flexibility index (Phi) is 1.63. The molecule has 1 aliphatic carbocycles. The molecule has 2 fully saturated rings. The summed E-state index contributed by atoms with van der Waals surface area (Å²) in [6.45, 7) is -1.23. The monoisotopic (exact) mass is 193 g/mol. The molecule has 1 aliphatic heterocycles. The number of carbonyl (C=O) groups excluding carboxylic acids is 1. The molecule has 0 aromatic carbocycles. The molecule has 2 rings (SSSR count). The van der Waals surface area contributed by atoms with Crippen LogP contribution in [0, 0.1) is 0 Å². The third-order valence-corrected chi connectivity index (χ3v) is 2.66. The molecule has 1 saturated carbocycles. The maximum atomic E-state index is 13.4. The zero-order valence-electron chi connectivity index (χ0n) is 7.02. The second-order valence-corrected chi connectivity index (χ2v) is 3.84. The lowest BCUT2D eigenvalue weighted by Crippen LogP contribution is -2.63. The number of likely N-dealkylation sites (tertiary alicyclic amines) is 1. The third kappa shape index (κ3) is 1.30. The second kappa shape index (κ2) is 2.39. The van der Waals surface area contributed by atoms with E-state index in [0.717, 1.165) is 4.90 Å². The van der Waals surface area contributed by atoms with Crippen molar-refractivity contribution in [1.82, 2.24) is 4.90 Å². The maximum Gasteiger partial charge on any atom is 0.282 e. The van der Waals surface area contributed by atoms with Gasteiger partial charge in [-0.05, 0) is 19.3 Å². The number of amides is 1. The predicted octanol–water partition coefficient (Wildman–Crippen LogP) is 1.36. The normalized spacial score (nSPS) is 29.0. The van der Waals surface area contributed by atoms with Crippen LogP contribution in [0.3, 0.4) is 0 Å². The molecule has 5 heteroatoms. The minimum atomic E-state index is -2.80. The zero-order chi connectivity index (χ0) is 9.69. The molecule has 1 saturated heterocycles. The predicted molar refractivity (Wildman–Crippen MR) is 39.2 cm³/mol. The van der Waals surface area contributed by atoms with Crippen LogP contribution >= 0.6 is 0 Å². The fourth-order valence-electron chi connectivity index (χ4n) is 1.64. The Bertz CT molecular complexity index is 242. The molecular weight excluding hydrogens is 183 g/mol. The summed E-state index contributed by atoms with van der Waals surface area (Å²) in [4.78, 5) is 12.1. The van der Waals surface area contributed by atoms with Gasteiger partial charge in [0.15, 0.2) is 5.67 Å². The van der Waals surface area contributed by atoms with Crippen molar-refractivity contribution in [1.29, 1.82) is 0 Å². The summed E-state index contributed by atoms with van der Waals surface area (Å²) in [6.07, 6.45) is 1.05. The number of carbonyl (C=O) groups is 1. The van der Waals surface area contributed by atoms with Crippen molar-refractivity contribution in [2.45, 2.75) is 30.9 Å². The van der Waals surface area contributed by atoms with Crippen molar-refractivity contribution in [3.05, 3.63) is 0 Å². The first kappa shape index (κ1) is 8.84. The molecule has 2 nitrogen and oxygen atoms in total. The van der Waals surface area contributed by atoms with Crippen LogP contribution in [0.1, 0.15) is 19.3 Å². The summed E-state index contributed by atoms with van der Waals surface area (Å²) in [7, 11) is 0. The summed E-state index contributed by atoms with van der Waals surface area (Å²) in [5.74, 6) is -3.54. The summed E-state index contributed by atoms with van der Waals surface area (Å²) in [5.41, 5.74) is -1.82. The van der Waals surface area contributed by atoms with Crippen LogP contribution in [-0.2, 0) is 4.79 Å². The van der Waals surface area contributed by atoms with Gasteiger partial charge in [-0.1, -0.05) is 0 Å². The molecule has 13 heavy (non-hydrogen) atoms. The van der Waals surface area contributed by atoms with Gasteiger partial charge in [0, 0.05) is 0 Å². The Hall–Kier alpha value is -0.740. The number of rotatable bonds is 1. The van der Waals surface area contributed by atoms with Crippen molar-refractivity contribution in [3.8, 4) is 0 Å². The minimum absolute atomic E-state index is 0.188. The van der Waals surface area contributed by atoms with Crippen LogP contribution in [0.2, 0.25) is 0 Å². The van der Waals surface area contributed by atoms with Crippen LogP contribution in [0.5, 0.6) is 0 Å². The van der Waals surface area contributed by atoms with Crippen molar-refractivity contribution in [2.24, 2.45) is 0 Å². The summed E-state index contributed by atoms with van der Waals surface area (Å²) < 4.78 is 38.1. The maximum absolute atomic E-state index is 13.4. The Labute approximate surface area is 73.7 Å². The molecule has 1 heterocycles. The Morgan fingerprint density at radius 2 is 1.69 bits per heavy atom. The van der Waals surface area contributed by atoms with Gasteiger partial charge >= 0.3 is 0 Å². The van der Waals surface area contributed by atoms with E-state index in [1.165, 1.54) is 0 Å². The number of hydrogen-bond donors (Lipinski definition) is 0. The molecule has 0 N–H and O–H groups in total. The quantitative estimate of drug-likeness (QED) is 0.615. The molecule has 74 valence electrons. The van der Waals surface area contributed by atoms with Crippen molar-refractivity contribution >= 4 is 5.91 Å². The highest BCUT2D eigenvalue weighted by molar-refractivity contribution is 5.86. The van der Waals surface area contributed by atoms with Gasteiger partial charge in [-0.25, -0.2) is 13.2 Å². The fourth-order valence-corrected chi connectivity index (χ4v) is 1.64. The van der Waals surface area contributed by atoms with E-state index in [2.05, 4.69) is 0 Å². The third-order valence-electron chi connectivity index (χ3n) is 2.66. The SMILES string of the molecule is O=C(N1CC(F)(F)C1)C1(F)CCC1. The lowest BCUT2D eigenvalue weighted by molar-refractivity contribution is -0.181. The van der Waals surface area contributed by atoms with Gasteiger partial charge in [-0.15, -0.1) is 0 Å². The lowest BCUT2D eigenvalue weighted by atomic mass is 9.80. The first-order valence-electron chi connectivity index (χ1n) is 4.29. The second-order valence-electron chi connectivity index (χ2n) is 3.84. The summed E-state index contributed by atoms with van der Waals surface area (Å²) >= 11 is 0. The molecule has 0 aromatic heterocycles. The van der Waals surface area contributed by atoms with Crippen LogP contribution in [0.25, 0.3) is 0 Å². The van der Waals surface area contributed by atoms with E-state index >= 15 is 0 Å². The molecule has 0 bridgehead atoms. The van der Waals surface area contributed by atoms with Gasteiger partial charge in [0.2, 0.25) is 0 Å². The zero-order valence-corrected chi connectivity index (χ0v) is 7.02. The number of alkyl halides is 3. The summed E-state index contributed by atoms with van der Waals surface area (Å²) in [6, 6.07) is 0. The van der Waals surface area contributed by atoms with E-state index in [1.54, 1.807) is 0 Å². The van der Waals surface area contributed by atoms with Gasteiger partial charge in [0.05, 0.1) is 13.1 Å². The lowest BCUT2D eigenvalue weighted by Gasteiger charge is -2.44. The first-order chi connectivity index (χ1) is 5.93. The van der Waals surface area contributed by atoms with E-state index in [9.17, 15) is 18.0 Å². The van der Waals surface area contributed by atoms with Gasteiger partial charge in [-0.3, -0.25) is 4.79 Å². The van der Waals surface area contributed by atoms with Gasteiger partial charge in [0.1, 0.15) is 0 Å². The molecule has 0 aromatic rings. The van der Waals surface area contributed by atoms with Crippen molar-refractivity contribution < 1.29 is 18.0 Å². The van der Waals surface area contributed by atoms with Crippen molar-refractivity contribution in [2.75, 3.05) is 13.1 Å². The largest absolute Gasteiger partial charge is 0.328 e. The van der Waals surface area contributed by atoms with Gasteiger partial charge in [0.25, 0.3) is 11.8 Å². The van der Waals surface area contributed by atoms with E-state index in [-0.39, 0.29) is 12.8 Å². The number of halogens is 3. The highest BCUT2D eigenvalue weighted by Gasteiger charge is 2.54. The average molecular weight is 193 g/mol. The molecule has 0 spiro atoms. The molecule has 0 unspecified atom stereocenters. The van der Waals surface area contributed by atoms with Crippen LogP contribution in [-0.4, -0.2) is 35.5 Å². The van der Waals surface area contributed by atoms with Crippen LogP contribution in [0.15, 0.2) is 0 Å². The van der Waals surface area contributed by atoms with Crippen LogP contribution < -0.4 is 0 Å².